The summed E-state index contributed by atoms with van der Waals surface area (Å²) < 4.78 is 24.1. The number of nitrogens with zero attached hydrogens (tertiary/aromatic N) is 2. The van der Waals surface area contributed by atoms with Crippen LogP contribution in [0.1, 0.15) is 10.4 Å². The Balaban J connectivity index is 1.50. The summed E-state index contributed by atoms with van der Waals surface area (Å²) in [6.45, 7) is 0. The van der Waals surface area contributed by atoms with Gasteiger partial charge in [-0.25, -0.2) is 9.18 Å². The van der Waals surface area contributed by atoms with Crippen LogP contribution < -0.4 is 10.1 Å². The molecule has 1 N–H and O–H groups in total. The maximum Gasteiger partial charge on any atom is 0.419 e. The fraction of sp³-hybridized carbons (Fsp3) is 0. The van der Waals surface area contributed by atoms with Gasteiger partial charge in [0, 0.05) is 11.1 Å². The van der Waals surface area contributed by atoms with Crippen LogP contribution in [0.2, 0.25) is 0 Å². The minimum absolute atomic E-state index is 0.0180. The van der Waals surface area contributed by atoms with Crippen LogP contribution in [0, 0.1) is 5.82 Å². The standard InChI is InChI=1S/C22H14FN3O4/c23-18-12-5-4-11-17(18)21-24-19(26-30-21)14-7-6-8-15(13-14)20(27)25-22(28)29-16-9-2-1-3-10-16/h1-13H,(H,25,27,28). The van der Waals surface area contributed by atoms with Crippen molar-refractivity contribution in [1.82, 2.24) is 15.5 Å². The smallest absolute Gasteiger partial charge is 0.410 e. The lowest BCUT2D eigenvalue weighted by molar-refractivity contribution is 0.0951. The molecule has 0 saturated carbocycles. The van der Waals surface area contributed by atoms with E-state index in [-0.39, 0.29) is 22.8 Å². The number of imide groups is 1. The van der Waals surface area contributed by atoms with Crippen LogP contribution in [0.3, 0.4) is 0 Å². The number of carbonyl (C=O) groups is 2. The van der Waals surface area contributed by atoms with Crippen LogP contribution in [0.4, 0.5) is 9.18 Å². The van der Waals surface area contributed by atoms with Gasteiger partial charge in [-0.3, -0.25) is 10.1 Å². The number of hydrogen-bond acceptors (Lipinski definition) is 6. The Labute approximate surface area is 170 Å². The molecule has 7 nitrogen and oxygen atoms in total. The second-order valence-electron chi connectivity index (χ2n) is 6.14. The molecule has 0 aliphatic heterocycles. The first-order valence-electron chi connectivity index (χ1n) is 8.87. The van der Waals surface area contributed by atoms with E-state index in [1.807, 2.05) is 0 Å². The van der Waals surface area contributed by atoms with Crippen LogP contribution >= 0.6 is 0 Å². The third-order valence-corrected chi connectivity index (χ3v) is 4.08. The van der Waals surface area contributed by atoms with Gasteiger partial charge in [0.15, 0.2) is 0 Å². The molecule has 1 heterocycles. The van der Waals surface area contributed by atoms with E-state index in [9.17, 15) is 14.0 Å². The highest BCUT2D eigenvalue weighted by Gasteiger charge is 2.16. The summed E-state index contributed by atoms with van der Waals surface area (Å²) in [6.07, 6.45) is -0.905. The highest BCUT2D eigenvalue weighted by atomic mass is 19.1. The maximum absolute atomic E-state index is 13.9. The molecule has 8 heteroatoms. The predicted octanol–water partition coefficient (Wildman–Crippen LogP) is 4.47. The van der Waals surface area contributed by atoms with Crippen LogP contribution in [0.25, 0.3) is 22.8 Å². The number of rotatable bonds is 4. The molecule has 0 fully saturated rings. The minimum Gasteiger partial charge on any atom is -0.410 e. The van der Waals surface area contributed by atoms with Crippen molar-refractivity contribution in [3.63, 3.8) is 0 Å². The van der Waals surface area contributed by atoms with Crippen molar-refractivity contribution in [2.75, 3.05) is 0 Å². The number of benzene rings is 3. The predicted molar refractivity (Wildman–Crippen MR) is 105 cm³/mol. The first-order chi connectivity index (χ1) is 14.6. The van der Waals surface area contributed by atoms with Gasteiger partial charge in [-0.1, -0.05) is 47.6 Å². The van der Waals surface area contributed by atoms with E-state index in [4.69, 9.17) is 9.26 Å². The zero-order valence-corrected chi connectivity index (χ0v) is 15.4. The zero-order chi connectivity index (χ0) is 20.9. The lowest BCUT2D eigenvalue weighted by atomic mass is 10.1. The Hall–Kier alpha value is -4.33. The van der Waals surface area contributed by atoms with Gasteiger partial charge >= 0.3 is 6.09 Å². The molecule has 0 radical (unpaired) electrons. The highest BCUT2D eigenvalue weighted by Crippen LogP contribution is 2.24. The normalized spacial score (nSPS) is 10.4. The molecule has 1 aromatic heterocycles. The van der Waals surface area contributed by atoms with E-state index in [2.05, 4.69) is 15.5 Å². The maximum atomic E-state index is 13.9. The quantitative estimate of drug-likeness (QED) is 0.540. The number of ether oxygens (including phenoxy) is 1. The van der Waals surface area contributed by atoms with Crippen LogP contribution in [-0.2, 0) is 0 Å². The molecule has 0 aliphatic carbocycles. The Morgan fingerprint density at radius 2 is 1.70 bits per heavy atom. The van der Waals surface area contributed by atoms with Crippen molar-refractivity contribution in [1.29, 1.82) is 0 Å². The fourth-order valence-electron chi connectivity index (χ4n) is 2.67. The Bertz CT molecular complexity index is 1210. The van der Waals surface area contributed by atoms with E-state index in [0.717, 1.165) is 0 Å². The topological polar surface area (TPSA) is 94.3 Å². The Morgan fingerprint density at radius 3 is 2.50 bits per heavy atom. The van der Waals surface area contributed by atoms with Crippen molar-refractivity contribution >= 4 is 12.0 Å². The molecular formula is C22H14FN3O4. The van der Waals surface area contributed by atoms with Crippen molar-refractivity contribution < 1.29 is 23.2 Å². The van der Waals surface area contributed by atoms with E-state index >= 15 is 0 Å². The highest BCUT2D eigenvalue weighted by molar-refractivity contribution is 6.03. The number of nitrogens with one attached hydrogen (secondary N) is 1. The Morgan fingerprint density at radius 1 is 0.933 bits per heavy atom. The summed E-state index contributed by atoms with van der Waals surface area (Å²) in [5.41, 5.74) is 0.828. The number of carbonyl (C=O) groups excluding carboxylic acids is 2. The van der Waals surface area contributed by atoms with Crippen LogP contribution in [0.15, 0.2) is 83.4 Å². The molecule has 4 rings (SSSR count). The molecule has 0 spiro atoms. The molecule has 4 aromatic rings. The summed E-state index contributed by atoms with van der Waals surface area (Å²) in [7, 11) is 0. The van der Waals surface area contributed by atoms with E-state index in [1.54, 1.807) is 54.6 Å². The first-order valence-corrected chi connectivity index (χ1v) is 8.87. The number of aromatic nitrogens is 2. The van der Waals surface area contributed by atoms with E-state index < -0.39 is 17.8 Å². The van der Waals surface area contributed by atoms with Gasteiger partial charge in [-0.15, -0.1) is 0 Å². The first kappa shape index (κ1) is 19.0. The lowest BCUT2D eigenvalue weighted by Gasteiger charge is -2.06. The van der Waals surface area contributed by atoms with E-state index in [0.29, 0.717) is 11.3 Å². The van der Waals surface area contributed by atoms with E-state index in [1.165, 1.54) is 24.3 Å². The van der Waals surface area contributed by atoms with Crippen LogP contribution in [-0.4, -0.2) is 22.1 Å². The molecule has 0 saturated heterocycles. The number of amides is 2. The van der Waals surface area contributed by atoms with Gasteiger partial charge < -0.3 is 9.26 Å². The van der Waals surface area contributed by atoms with Crippen molar-refractivity contribution in [2.45, 2.75) is 0 Å². The summed E-state index contributed by atoms with van der Waals surface area (Å²) in [5, 5.41) is 5.99. The summed E-state index contributed by atoms with van der Waals surface area (Å²) >= 11 is 0. The minimum atomic E-state index is -0.905. The van der Waals surface area contributed by atoms with Gasteiger partial charge in [0.1, 0.15) is 11.6 Å². The summed E-state index contributed by atoms with van der Waals surface area (Å²) in [6, 6.07) is 20.7. The van der Waals surface area contributed by atoms with Gasteiger partial charge in [0.2, 0.25) is 5.82 Å². The van der Waals surface area contributed by atoms with Crippen molar-refractivity contribution in [3.05, 3.63) is 90.2 Å². The second-order valence-corrected chi connectivity index (χ2v) is 6.14. The number of hydrogen-bond donors (Lipinski definition) is 1. The average Bonchev–Trinajstić information content (AvgIpc) is 3.25. The molecule has 3 aromatic carbocycles. The van der Waals surface area contributed by atoms with Crippen LogP contribution in [0.5, 0.6) is 5.75 Å². The largest absolute Gasteiger partial charge is 0.419 e. The molecule has 0 atom stereocenters. The van der Waals surface area contributed by atoms with Gasteiger partial charge in [0.25, 0.3) is 11.8 Å². The van der Waals surface area contributed by atoms with Gasteiger partial charge in [-0.2, -0.15) is 4.98 Å². The van der Waals surface area contributed by atoms with Crippen molar-refractivity contribution in [3.8, 4) is 28.6 Å². The van der Waals surface area contributed by atoms with Gasteiger partial charge in [0.05, 0.1) is 5.56 Å². The molecule has 0 aliphatic rings. The summed E-state index contributed by atoms with van der Waals surface area (Å²) in [5.74, 6) is -0.642. The number of para-hydroxylation sites is 1. The molecule has 0 unspecified atom stereocenters. The molecule has 0 bridgehead atoms. The average molecular weight is 403 g/mol. The third-order valence-electron chi connectivity index (χ3n) is 4.08. The monoisotopic (exact) mass is 403 g/mol. The zero-order valence-electron chi connectivity index (χ0n) is 15.4. The lowest BCUT2D eigenvalue weighted by Crippen LogP contribution is -2.32. The third kappa shape index (κ3) is 4.22. The molecule has 148 valence electrons. The van der Waals surface area contributed by atoms with Crippen molar-refractivity contribution in [2.24, 2.45) is 0 Å². The summed E-state index contributed by atoms with van der Waals surface area (Å²) in [4.78, 5) is 28.5. The molecule has 2 amide bonds. The number of halogens is 1. The fourth-order valence-corrected chi connectivity index (χ4v) is 2.67. The SMILES string of the molecule is O=C(NC(=O)c1cccc(-c2noc(-c3ccccc3F)n2)c1)Oc1ccccc1. The second kappa shape index (κ2) is 8.36. The van der Waals surface area contributed by atoms with Gasteiger partial charge in [-0.05, 0) is 36.4 Å². The molecule has 30 heavy (non-hydrogen) atoms. The molecular weight excluding hydrogens is 389 g/mol. The Kier molecular flexibility index (Phi) is 5.29.